The third-order valence-corrected chi connectivity index (χ3v) is 2.14. The molecule has 0 aromatic carbocycles. The number of unbranched alkanes of at least 4 members (excludes halogenated alkanes) is 1. The lowest BCUT2D eigenvalue weighted by Crippen LogP contribution is -2.34. The molecule has 0 rings (SSSR count). The van der Waals surface area contributed by atoms with Crippen LogP contribution < -0.4 is 0 Å². The highest BCUT2D eigenvalue weighted by atomic mass is 32.1. The highest BCUT2D eigenvalue weighted by Crippen LogP contribution is 1.98. The van der Waals surface area contributed by atoms with Gasteiger partial charge in [0.15, 0.2) is 0 Å². The molecule has 3 nitrogen and oxygen atoms in total. The second kappa shape index (κ2) is 8.81. The van der Waals surface area contributed by atoms with Gasteiger partial charge in [-0.15, -0.1) is 0 Å². The zero-order chi connectivity index (χ0) is 10.1. The van der Waals surface area contributed by atoms with Crippen LogP contribution >= 0.6 is 12.6 Å². The Morgan fingerprint density at radius 1 is 1.31 bits per heavy atom. The fourth-order valence-electron chi connectivity index (χ4n) is 1.26. The van der Waals surface area contributed by atoms with Gasteiger partial charge < -0.3 is 10.2 Å². The van der Waals surface area contributed by atoms with Crippen molar-refractivity contribution in [3.8, 4) is 0 Å². The first-order valence-electron chi connectivity index (χ1n) is 4.82. The number of rotatable bonds is 8. The molecule has 0 fully saturated rings. The maximum atomic E-state index is 9.17. The van der Waals surface area contributed by atoms with Crippen molar-refractivity contribution in [2.75, 3.05) is 32.0 Å². The zero-order valence-corrected chi connectivity index (χ0v) is 9.21. The molecule has 0 aromatic heterocycles. The third-order valence-electron chi connectivity index (χ3n) is 1.82. The Hall–Kier alpha value is 0.230. The molecular formula is C9H21NO2S. The summed E-state index contributed by atoms with van der Waals surface area (Å²) in [5.41, 5.74) is 0. The monoisotopic (exact) mass is 207 g/mol. The molecule has 0 bridgehead atoms. The van der Waals surface area contributed by atoms with Crippen LogP contribution in [0.5, 0.6) is 0 Å². The van der Waals surface area contributed by atoms with Crippen LogP contribution in [0.3, 0.4) is 0 Å². The maximum absolute atomic E-state index is 9.17. The Balaban J connectivity index is 3.53. The summed E-state index contributed by atoms with van der Waals surface area (Å²) in [4.78, 5) is 2.08. The Bertz CT molecular complexity index is 112. The molecule has 0 heterocycles. The van der Waals surface area contributed by atoms with Gasteiger partial charge in [-0.05, 0) is 32.1 Å². The van der Waals surface area contributed by atoms with Gasteiger partial charge in [0.05, 0.1) is 12.7 Å². The van der Waals surface area contributed by atoms with Gasteiger partial charge >= 0.3 is 0 Å². The summed E-state index contributed by atoms with van der Waals surface area (Å²) in [6.07, 6.45) is 1.85. The van der Waals surface area contributed by atoms with Crippen molar-refractivity contribution < 1.29 is 10.2 Å². The van der Waals surface area contributed by atoms with Gasteiger partial charge in [0, 0.05) is 13.1 Å². The second-order valence-corrected chi connectivity index (χ2v) is 3.75. The van der Waals surface area contributed by atoms with Crippen molar-refractivity contribution in [1.82, 2.24) is 4.90 Å². The predicted octanol–water partition coefficient (Wildman–Crippen LogP) is 0.371. The Morgan fingerprint density at radius 2 is 2.00 bits per heavy atom. The lowest BCUT2D eigenvalue weighted by Gasteiger charge is -2.22. The molecule has 4 heteroatoms. The maximum Gasteiger partial charge on any atom is 0.0639 e. The molecule has 0 saturated carbocycles. The van der Waals surface area contributed by atoms with Crippen molar-refractivity contribution in [2.24, 2.45) is 0 Å². The molecule has 0 saturated heterocycles. The normalized spacial score (nSPS) is 13.6. The Kier molecular flexibility index (Phi) is 8.97. The molecule has 0 radical (unpaired) electrons. The van der Waals surface area contributed by atoms with Crippen LogP contribution in [-0.2, 0) is 0 Å². The summed E-state index contributed by atoms with van der Waals surface area (Å²) in [5.74, 6) is 0.904. The molecule has 0 spiro atoms. The van der Waals surface area contributed by atoms with Crippen LogP contribution in [0.1, 0.15) is 19.8 Å². The van der Waals surface area contributed by atoms with Gasteiger partial charge in [0.2, 0.25) is 0 Å². The molecule has 0 amide bonds. The zero-order valence-electron chi connectivity index (χ0n) is 8.32. The highest BCUT2D eigenvalue weighted by Gasteiger charge is 2.06. The molecule has 13 heavy (non-hydrogen) atoms. The van der Waals surface area contributed by atoms with E-state index in [2.05, 4.69) is 17.5 Å². The number of hydrogen-bond donors (Lipinski definition) is 3. The van der Waals surface area contributed by atoms with Gasteiger partial charge in [-0.3, -0.25) is 4.90 Å². The molecule has 80 valence electrons. The van der Waals surface area contributed by atoms with E-state index in [1.165, 1.54) is 0 Å². The number of thiol groups is 1. The van der Waals surface area contributed by atoms with Gasteiger partial charge in [-0.2, -0.15) is 12.6 Å². The van der Waals surface area contributed by atoms with E-state index in [1.54, 1.807) is 6.92 Å². The number of nitrogens with zero attached hydrogens (tertiary/aromatic N) is 1. The fraction of sp³-hybridized carbons (Fsp3) is 1.00. The van der Waals surface area contributed by atoms with Gasteiger partial charge in [0.25, 0.3) is 0 Å². The Labute approximate surface area is 86.2 Å². The SMILES string of the molecule is CC(O)CN(CCO)CCCCS. The van der Waals surface area contributed by atoms with Crippen molar-refractivity contribution in [2.45, 2.75) is 25.9 Å². The molecule has 0 aliphatic carbocycles. The Morgan fingerprint density at radius 3 is 2.46 bits per heavy atom. The van der Waals surface area contributed by atoms with Crippen molar-refractivity contribution >= 4 is 12.6 Å². The molecule has 2 N–H and O–H groups in total. The number of hydrogen-bond acceptors (Lipinski definition) is 4. The molecule has 1 unspecified atom stereocenters. The average Bonchev–Trinajstić information content (AvgIpc) is 2.04. The first-order valence-corrected chi connectivity index (χ1v) is 5.46. The standard InChI is InChI=1S/C9H21NO2S/c1-9(12)8-10(5-6-11)4-2-3-7-13/h9,11-13H,2-8H2,1H3. The van der Waals surface area contributed by atoms with Gasteiger partial charge in [-0.25, -0.2) is 0 Å². The molecule has 0 aromatic rings. The minimum Gasteiger partial charge on any atom is -0.395 e. The highest BCUT2D eigenvalue weighted by molar-refractivity contribution is 7.80. The molecule has 0 aliphatic heterocycles. The van der Waals surface area contributed by atoms with Crippen LogP contribution in [0.15, 0.2) is 0 Å². The summed E-state index contributed by atoms with van der Waals surface area (Å²) < 4.78 is 0. The minimum absolute atomic E-state index is 0.160. The van der Waals surface area contributed by atoms with E-state index < -0.39 is 0 Å². The summed E-state index contributed by atoms with van der Waals surface area (Å²) in [5, 5.41) is 17.9. The van der Waals surface area contributed by atoms with Gasteiger partial charge in [0.1, 0.15) is 0 Å². The van der Waals surface area contributed by atoms with E-state index in [-0.39, 0.29) is 12.7 Å². The van der Waals surface area contributed by atoms with E-state index in [0.717, 1.165) is 25.1 Å². The predicted molar refractivity (Wildman–Crippen MR) is 58.3 cm³/mol. The van der Waals surface area contributed by atoms with E-state index in [1.807, 2.05) is 0 Å². The first kappa shape index (κ1) is 13.2. The van der Waals surface area contributed by atoms with Crippen LogP contribution in [0, 0.1) is 0 Å². The van der Waals surface area contributed by atoms with Gasteiger partial charge in [-0.1, -0.05) is 0 Å². The quantitative estimate of drug-likeness (QED) is 0.398. The van der Waals surface area contributed by atoms with E-state index >= 15 is 0 Å². The average molecular weight is 207 g/mol. The van der Waals surface area contributed by atoms with Crippen LogP contribution in [0.4, 0.5) is 0 Å². The fourth-order valence-corrected chi connectivity index (χ4v) is 1.48. The van der Waals surface area contributed by atoms with Crippen LogP contribution in [0.2, 0.25) is 0 Å². The van der Waals surface area contributed by atoms with E-state index in [0.29, 0.717) is 13.1 Å². The number of aliphatic hydroxyl groups excluding tert-OH is 2. The van der Waals surface area contributed by atoms with E-state index in [4.69, 9.17) is 10.2 Å². The minimum atomic E-state index is -0.317. The number of aliphatic hydroxyl groups is 2. The smallest absolute Gasteiger partial charge is 0.0639 e. The second-order valence-electron chi connectivity index (χ2n) is 3.30. The molecule has 1 atom stereocenters. The lowest BCUT2D eigenvalue weighted by atomic mass is 10.3. The lowest BCUT2D eigenvalue weighted by molar-refractivity contribution is 0.110. The topological polar surface area (TPSA) is 43.7 Å². The van der Waals surface area contributed by atoms with E-state index in [9.17, 15) is 0 Å². The largest absolute Gasteiger partial charge is 0.395 e. The van der Waals surface area contributed by atoms with Crippen molar-refractivity contribution in [3.05, 3.63) is 0 Å². The third kappa shape index (κ3) is 8.56. The molecular weight excluding hydrogens is 186 g/mol. The van der Waals surface area contributed by atoms with Crippen molar-refractivity contribution in [1.29, 1.82) is 0 Å². The van der Waals surface area contributed by atoms with Crippen molar-refractivity contribution in [3.63, 3.8) is 0 Å². The van der Waals surface area contributed by atoms with Crippen LogP contribution in [0.25, 0.3) is 0 Å². The molecule has 0 aliphatic rings. The summed E-state index contributed by atoms with van der Waals surface area (Å²) >= 11 is 4.13. The summed E-state index contributed by atoms with van der Waals surface area (Å²) in [6, 6.07) is 0. The summed E-state index contributed by atoms with van der Waals surface area (Å²) in [7, 11) is 0. The first-order chi connectivity index (χ1) is 6.20. The van der Waals surface area contributed by atoms with Crippen LogP contribution in [-0.4, -0.2) is 53.2 Å². The summed E-state index contributed by atoms with van der Waals surface area (Å²) in [6.45, 7) is 4.16.